The van der Waals surface area contributed by atoms with Crippen LogP contribution in [0.3, 0.4) is 0 Å². The topological polar surface area (TPSA) is 74.2 Å². The fraction of sp³-hybridized carbons (Fsp3) is 0.273. The van der Waals surface area contributed by atoms with Crippen LogP contribution in [0.5, 0.6) is 0 Å². The lowest BCUT2D eigenvalue weighted by molar-refractivity contribution is 0.166. The van der Waals surface area contributed by atoms with E-state index in [9.17, 15) is 0 Å². The molecule has 1 aromatic heterocycles. The number of rotatable bonds is 4. The van der Waals surface area contributed by atoms with Gasteiger partial charge in [-0.1, -0.05) is 16.8 Å². The minimum absolute atomic E-state index is 0.336. The summed E-state index contributed by atoms with van der Waals surface area (Å²) in [6.45, 7) is 0.336. The van der Waals surface area contributed by atoms with Crippen LogP contribution in [0.1, 0.15) is 11.9 Å². The molecule has 5 nitrogen and oxygen atoms in total. The number of nitrogens with two attached hydrogens (primary N) is 1. The van der Waals surface area contributed by atoms with Crippen LogP contribution in [0.25, 0.3) is 11.4 Å². The maximum atomic E-state index is 5.80. The van der Waals surface area contributed by atoms with Gasteiger partial charge in [-0.2, -0.15) is 4.98 Å². The fourth-order valence-corrected chi connectivity index (χ4v) is 1.48. The Morgan fingerprint density at radius 1 is 1.41 bits per heavy atom. The van der Waals surface area contributed by atoms with Gasteiger partial charge >= 0.3 is 0 Å². The Morgan fingerprint density at radius 3 is 2.76 bits per heavy atom. The van der Waals surface area contributed by atoms with Crippen molar-refractivity contribution >= 4 is 11.6 Å². The van der Waals surface area contributed by atoms with Crippen molar-refractivity contribution in [3.05, 3.63) is 35.2 Å². The van der Waals surface area contributed by atoms with Crippen molar-refractivity contribution in [1.82, 2.24) is 10.1 Å². The zero-order valence-corrected chi connectivity index (χ0v) is 10.0. The summed E-state index contributed by atoms with van der Waals surface area (Å²) in [7, 11) is 1.57. The number of halogens is 1. The van der Waals surface area contributed by atoms with Crippen molar-refractivity contribution in [2.45, 2.75) is 6.04 Å². The van der Waals surface area contributed by atoms with Crippen LogP contribution < -0.4 is 5.73 Å². The maximum absolute atomic E-state index is 5.80. The van der Waals surface area contributed by atoms with Crippen LogP contribution >= 0.6 is 11.6 Å². The normalized spacial score (nSPS) is 12.6. The van der Waals surface area contributed by atoms with Gasteiger partial charge in [0.15, 0.2) is 0 Å². The molecule has 90 valence electrons. The third kappa shape index (κ3) is 2.82. The van der Waals surface area contributed by atoms with Crippen LogP contribution in [0, 0.1) is 0 Å². The van der Waals surface area contributed by atoms with E-state index < -0.39 is 6.04 Å². The largest absolute Gasteiger partial charge is 0.383 e. The average Bonchev–Trinajstić information content (AvgIpc) is 2.80. The molecule has 17 heavy (non-hydrogen) atoms. The molecular formula is C11H12ClN3O2. The van der Waals surface area contributed by atoms with E-state index in [0.29, 0.717) is 23.3 Å². The fourth-order valence-electron chi connectivity index (χ4n) is 1.35. The molecule has 1 heterocycles. The van der Waals surface area contributed by atoms with Crippen LogP contribution in [-0.2, 0) is 4.74 Å². The van der Waals surface area contributed by atoms with Crippen LogP contribution in [0.2, 0.25) is 5.02 Å². The molecule has 0 aliphatic carbocycles. The van der Waals surface area contributed by atoms with Crippen LogP contribution in [0.15, 0.2) is 28.8 Å². The highest BCUT2D eigenvalue weighted by atomic mass is 35.5. The lowest BCUT2D eigenvalue weighted by atomic mass is 10.2. The first-order valence-corrected chi connectivity index (χ1v) is 5.42. The van der Waals surface area contributed by atoms with E-state index in [2.05, 4.69) is 10.1 Å². The van der Waals surface area contributed by atoms with Crippen molar-refractivity contribution < 1.29 is 9.26 Å². The van der Waals surface area contributed by atoms with Crippen molar-refractivity contribution in [1.29, 1.82) is 0 Å². The average molecular weight is 254 g/mol. The highest BCUT2D eigenvalue weighted by Crippen LogP contribution is 2.20. The van der Waals surface area contributed by atoms with Crippen LogP contribution in [-0.4, -0.2) is 23.9 Å². The molecule has 0 saturated heterocycles. The van der Waals surface area contributed by atoms with E-state index in [4.69, 9.17) is 26.6 Å². The van der Waals surface area contributed by atoms with E-state index in [-0.39, 0.29) is 0 Å². The van der Waals surface area contributed by atoms with Crippen molar-refractivity contribution in [2.24, 2.45) is 5.73 Å². The standard InChI is InChI=1S/C11H12ClN3O2/c1-16-6-9(13)11-14-10(15-17-11)7-2-4-8(12)5-3-7/h2-5,9H,6,13H2,1H3. The summed E-state index contributed by atoms with van der Waals surface area (Å²) in [6, 6.07) is 6.76. The van der Waals surface area contributed by atoms with E-state index >= 15 is 0 Å². The second-order valence-corrected chi connectivity index (χ2v) is 3.96. The highest BCUT2D eigenvalue weighted by molar-refractivity contribution is 6.30. The molecule has 0 saturated carbocycles. The number of methoxy groups -OCH3 is 1. The Balaban J connectivity index is 2.20. The zero-order valence-electron chi connectivity index (χ0n) is 9.26. The van der Waals surface area contributed by atoms with E-state index in [1.807, 2.05) is 12.1 Å². The third-order valence-corrected chi connectivity index (χ3v) is 2.46. The molecule has 0 spiro atoms. The zero-order chi connectivity index (χ0) is 12.3. The van der Waals surface area contributed by atoms with Gasteiger partial charge in [-0.3, -0.25) is 0 Å². The molecule has 0 amide bonds. The summed E-state index contributed by atoms with van der Waals surface area (Å²) in [5.41, 5.74) is 6.61. The van der Waals surface area contributed by atoms with Gasteiger partial charge in [0, 0.05) is 17.7 Å². The predicted octanol–water partition coefficient (Wildman–Crippen LogP) is 2.04. The SMILES string of the molecule is COCC(N)c1nc(-c2ccc(Cl)cc2)no1. The summed E-state index contributed by atoms with van der Waals surface area (Å²) in [4.78, 5) is 4.20. The van der Waals surface area contributed by atoms with E-state index in [0.717, 1.165) is 5.56 Å². The van der Waals surface area contributed by atoms with E-state index in [1.54, 1.807) is 19.2 Å². The van der Waals surface area contributed by atoms with Gasteiger partial charge in [0.1, 0.15) is 6.04 Å². The van der Waals surface area contributed by atoms with Gasteiger partial charge in [0.05, 0.1) is 6.61 Å². The Morgan fingerprint density at radius 2 is 2.12 bits per heavy atom. The number of ether oxygens (including phenoxy) is 1. The number of benzene rings is 1. The predicted molar refractivity (Wildman–Crippen MR) is 63.5 cm³/mol. The first kappa shape index (κ1) is 12.0. The molecule has 0 radical (unpaired) electrons. The van der Waals surface area contributed by atoms with Crippen molar-refractivity contribution in [3.63, 3.8) is 0 Å². The van der Waals surface area contributed by atoms with E-state index in [1.165, 1.54) is 0 Å². The molecule has 2 N–H and O–H groups in total. The highest BCUT2D eigenvalue weighted by Gasteiger charge is 2.15. The molecule has 0 aliphatic rings. The molecule has 1 unspecified atom stereocenters. The molecule has 2 rings (SSSR count). The monoisotopic (exact) mass is 253 g/mol. The molecule has 1 aromatic carbocycles. The Hall–Kier alpha value is -1.43. The van der Waals surface area contributed by atoms with Crippen LogP contribution in [0.4, 0.5) is 0 Å². The summed E-state index contributed by atoms with van der Waals surface area (Å²) in [6.07, 6.45) is 0. The minimum atomic E-state index is -0.409. The number of hydrogen-bond donors (Lipinski definition) is 1. The number of hydrogen-bond acceptors (Lipinski definition) is 5. The quantitative estimate of drug-likeness (QED) is 0.903. The summed E-state index contributed by atoms with van der Waals surface area (Å²) in [5, 5.41) is 4.52. The van der Waals surface area contributed by atoms with Gasteiger partial charge < -0.3 is 15.0 Å². The molecule has 2 aromatic rings. The second-order valence-electron chi connectivity index (χ2n) is 3.52. The molecular weight excluding hydrogens is 242 g/mol. The molecule has 0 fully saturated rings. The van der Waals surface area contributed by atoms with Gasteiger partial charge in [-0.25, -0.2) is 0 Å². The second kappa shape index (κ2) is 5.27. The lowest BCUT2D eigenvalue weighted by Gasteiger charge is -2.02. The Labute approximate surface area is 104 Å². The van der Waals surface area contributed by atoms with Gasteiger partial charge in [0.2, 0.25) is 11.7 Å². The first-order valence-electron chi connectivity index (χ1n) is 5.05. The Bertz CT molecular complexity index is 484. The summed E-state index contributed by atoms with van der Waals surface area (Å²) < 4.78 is 9.98. The Kier molecular flexibility index (Phi) is 3.73. The molecule has 6 heteroatoms. The molecule has 1 atom stereocenters. The summed E-state index contributed by atoms with van der Waals surface area (Å²) in [5.74, 6) is 0.847. The summed E-state index contributed by atoms with van der Waals surface area (Å²) >= 11 is 5.80. The first-order chi connectivity index (χ1) is 8.20. The minimum Gasteiger partial charge on any atom is -0.383 e. The molecule has 0 aliphatic heterocycles. The number of nitrogens with zero attached hydrogens (tertiary/aromatic N) is 2. The van der Waals surface area contributed by atoms with Crippen molar-refractivity contribution in [2.75, 3.05) is 13.7 Å². The van der Waals surface area contributed by atoms with Gasteiger partial charge in [0.25, 0.3) is 0 Å². The van der Waals surface area contributed by atoms with Crippen molar-refractivity contribution in [3.8, 4) is 11.4 Å². The molecule has 0 bridgehead atoms. The van der Waals surface area contributed by atoms with Gasteiger partial charge in [-0.15, -0.1) is 0 Å². The third-order valence-electron chi connectivity index (χ3n) is 2.21. The van der Waals surface area contributed by atoms with Gasteiger partial charge in [-0.05, 0) is 24.3 Å². The lowest BCUT2D eigenvalue weighted by Crippen LogP contribution is -2.16. The smallest absolute Gasteiger partial charge is 0.246 e. The number of aromatic nitrogens is 2. The maximum Gasteiger partial charge on any atom is 0.246 e.